The average Bonchev–Trinajstić information content (AvgIpc) is 1.55. The van der Waals surface area contributed by atoms with Gasteiger partial charge in [-0.05, 0) is 156 Å². The topological polar surface area (TPSA) is 9.23 Å². The van der Waals surface area contributed by atoms with Gasteiger partial charge in [-0.15, -0.1) is 11.3 Å². The van der Waals surface area contributed by atoms with Crippen molar-refractivity contribution in [3.8, 4) is 16.2 Å². The number of hydrogen-bond acceptors (Lipinski definition) is 2. The van der Waals surface area contributed by atoms with Gasteiger partial charge in [-0.3, -0.25) is 0 Å². The largest absolute Gasteiger partial charge is 0.491 e. The summed E-state index contributed by atoms with van der Waals surface area (Å²) in [6, 6.07) is 142. The van der Waals surface area contributed by atoms with Gasteiger partial charge in [-0.2, -0.15) is 0 Å². The van der Waals surface area contributed by atoms with E-state index >= 15 is 0 Å². The number of hydrogen-bond donors (Lipinski definition) is 0. The summed E-state index contributed by atoms with van der Waals surface area (Å²) in [6.45, 7) is 4.39. The first-order valence-electron chi connectivity index (χ1n) is 32.7. The predicted molar refractivity (Wildman–Crippen MR) is 425 cm³/mol. The first-order chi connectivity index (χ1) is 47.1. The summed E-state index contributed by atoms with van der Waals surface area (Å²) in [5, 5.41) is 18.9. The number of ether oxygens (including phenoxy) is 1. The van der Waals surface area contributed by atoms with Gasteiger partial charge in [0, 0.05) is 25.3 Å². The Morgan fingerprint density at radius 1 is 0.260 bits per heavy atom. The number of benzene rings is 13. The molecule has 96 heavy (non-hydrogen) atoms. The second-order valence-corrected chi connectivity index (χ2v) is 32.1. The van der Waals surface area contributed by atoms with Crippen LogP contribution in [0.2, 0.25) is 0 Å². The molecule has 14 aromatic rings. The third-order valence-corrected chi connectivity index (χ3v) is 26.1. The molecule has 0 amide bonds. The minimum atomic E-state index is -0.446. The van der Waals surface area contributed by atoms with E-state index in [4.69, 9.17) is 4.74 Å². The van der Waals surface area contributed by atoms with E-state index in [1.165, 1.54) is 93.4 Å². The van der Waals surface area contributed by atoms with Crippen molar-refractivity contribution in [1.82, 2.24) is 0 Å². The van der Waals surface area contributed by atoms with E-state index in [-0.39, 0.29) is 20.4 Å². The van der Waals surface area contributed by atoms with E-state index < -0.39 is 31.7 Å². The zero-order chi connectivity index (χ0) is 65.2. The Morgan fingerprint density at radius 3 is 0.646 bits per heavy atom. The fraction of sp³-hybridized carbons (Fsp3) is 0.0787. The molecule has 1 nitrogen and oxygen atoms in total. The van der Waals surface area contributed by atoms with Crippen LogP contribution in [-0.4, -0.2) is 6.10 Å². The van der Waals surface area contributed by atoms with Crippen LogP contribution in [0.5, 0.6) is 5.75 Å². The Balaban J connectivity index is 0.000000140. The zero-order valence-corrected chi connectivity index (χ0v) is 60.5. The minimum absolute atomic E-state index is 0. The van der Waals surface area contributed by atoms with Crippen LogP contribution in [0, 0.1) is 0 Å². The van der Waals surface area contributed by atoms with E-state index in [1.54, 1.807) is 11.3 Å². The van der Waals surface area contributed by atoms with Crippen LogP contribution in [0.15, 0.2) is 406 Å². The van der Waals surface area contributed by atoms with Gasteiger partial charge in [0.15, 0.2) is 0 Å². The molecule has 0 fully saturated rings. The standard InChI is InChI=1S/4C18H15P.C17H22OS.Pd/c4*1-4-10-16(11-5-1)19(17-12-6-2-7-13-17)18-14-8-3-9-15-18;1-3-4-5-7-14(2)18-16-11-9-15(10-12-16)17-8-6-13-19-17;/h4*1-15H;6,8-14H,3-5,7H2,1-2H3;. The molecular formula is C89H82OP4PdS. The van der Waals surface area contributed by atoms with Crippen LogP contribution in [0.1, 0.15) is 39.5 Å². The molecule has 7 heteroatoms. The van der Waals surface area contributed by atoms with Crippen LogP contribution < -0.4 is 68.4 Å². The van der Waals surface area contributed by atoms with Crippen LogP contribution in [0.4, 0.5) is 0 Å². The summed E-state index contributed by atoms with van der Waals surface area (Å²) in [4.78, 5) is 1.31. The molecule has 1 unspecified atom stereocenters. The molecular weight excluding hydrogens is 1350 g/mol. The Morgan fingerprint density at radius 2 is 0.469 bits per heavy atom. The molecule has 1 heterocycles. The van der Waals surface area contributed by atoms with E-state index in [0.29, 0.717) is 6.10 Å². The summed E-state index contributed by atoms with van der Waals surface area (Å²) in [5.74, 6) is 0.976. The molecule has 0 aliphatic carbocycles. The Kier molecular flexibility index (Phi) is 30.7. The smallest absolute Gasteiger partial charge is 0.119 e. The molecule has 0 N–H and O–H groups in total. The van der Waals surface area contributed by atoms with Crippen molar-refractivity contribution >= 4 is 107 Å². The van der Waals surface area contributed by atoms with Crippen molar-refractivity contribution in [2.75, 3.05) is 0 Å². The molecule has 0 radical (unpaired) electrons. The van der Waals surface area contributed by atoms with Crippen molar-refractivity contribution in [1.29, 1.82) is 0 Å². The minimum Gasteiger partial charge on any atom is -0.491 e. The molecule has 0 bridgehead atoms. The van der Waals surface area contributed by atoms with Crippen LogP contribution in [-0.2, 0) is 20.4 Å². The summed E-state index contributed by atoms with van der Waals surface area (Å²) in [7, 11) is -1.78. The fourth-order valence-corrected chi connectivity index (χ4v) is 20.8. The predicted octanol–water partition coefficient (Wildman–Crippen LogP) is 19.5. The van der Waals surface area contributed by atoms with Gasteiger partial charge in [-0.25, -0.2) is 0 Å². The molecule has 0 saturated carbocycles. The van der Waals surface area contributed by atoms with Crippen molar-refractivity contribution in [2.45, 2.75) is 45.6 Å². The van der Waals surface area contributed by atoms with Gasteiger partial charge >= 0.3 is 0 Å². The molecule has 1 aromatic heterocycles. The molecule has 0 saturated heterocycles. The second kappa shape index (κ2) is 41.0. The van der Waals surface area contributed by atoms with Crippen LogP contribution >= 0.6 is 43.0 Å². The molecule has 0 aliphatic heterocycles. The van der Waals surface area contributed by atoms with Crippen molar-refractivity contribution in [3.05, 3.63) is 406 Å². The Bertz CT molecular complexity index is 3400. The summed E-state index contributed by atoms with van der Waals surface area (Å²) in [5.41, 5.74) is 1.26. The number of unbranched alkanes of at least 4 members (excludes halogenated alkanes) is 2. The second-order valence-electron chi connectivity index (χ2n) is 22.3. The Labute approximate surface area is 594 Å². The van der Waals surface area contributed by atoms with E-state index in [0.717, 1.165) is 12.2 Å². The van der Waals surface area contributed by atoms with Crippen molar-refractivity contribution in [2.24, 2.45) is 0 Å². The summed E-state index contributed by atoms with van der Waals surface area (Å²) in [6.07, 6.45) is 5.26. The van der Waals surface area contributed by atoms with E-state index in [1.807, 2.05) is 0 Å². The Hall–Kier alpha value is -8.26. The van der Waals surface area contributed by atoms with Gasteiger partial charge in [0.1, 0.15) is 5.75 Å². The fourth-order valence-electron chi connectivity index (χ4n) is 10.8. The quantitative estimate of drug-likeness (QED) is 0.0445. The van der Waals surface area contributed by atoms with E-state index in [2.05, 4.69) is 420 Å². The third-order valence-electron chi connectivity index (χ3n) is 15.4. The maximum absolute atomic E-state index is 5.94. The molecule has 14 rings (SSSR count). The summed E-state index contributed by atoms with van der Waals surface area (Å²) >= 11 is 1.77. The SMILES string of the molecule is CCCCCC(C)Oc1ccc(-c2cccs2)cc1.[Pd].c1ccc(P(c2ccccc2)c2ccccc2)cc1.c1ccc(P(c2ccccc2)c2ccccc2)cc1.c1ccc(P(c2ccccc2)c2ccccc2)cc1.c1ccc(P(c2ccccc2)c2ccccc2)cc1. The van der Waals surface area contributed by atoms with Crippen LogP contribution in [0.25, 0.3) is 10.4 Å². The third kappa shape index (κ3) is 22.4. The molecule has 480 valence electrons. The molecule has 0 aliphatic rings. The number of thiophene rings is 1. The molecule has 0 spiro atoms. The average molecular weight is 1430 g/mol. The van der Waals surface area contributed by atoms with E-state index in [9.17, 15) is 0 Å². The molecule has 13 aromatic carbocycles. The zero-order valence-electron chi connectivity index (χ0n) is 54.5. The van der Waals surface area contributed by atoms with Crippen LogP contribution in [0.3, 0.4) is 0 Å². The van der Waals surface area contributed by atoms with Gasteiger partial charge < -0.3 is 4.74 Å². The summed E-state index contributed by atoms with van der Waals surface area (Å²) < 4.78 is 5.94. The normalized spacial score (nSPS) is 10.8. The maximum atomic E-state index is 5.94. The maximum Gasteiger partial charge on any atom is 0.119 e. The first kappa shape index (κ1) is 72.0. The van der Waals surface area contributed by atoms with Gasteiger partial charge in [0.05, 0.1) is 6.10 Å². The van der Waals surface area contributed by atoms with Crippen molar-refractivity contribution in [3.63, 3.8) is 0 Å². The first-order valence-corrected chi connectivity index (χ1v) is 39.0. The van der Waals surface area contributed by atoms with Gasteiger partial charge in [-0.1, -0.05) is 390 Å². The van der Waals surface area contributed by atoms with Gasteiger partial charge in [0.2, 0.25) is 0 Å². The van der Waals surface area contributed by atoms with Gasteiger partial charge in [0.25, 0.3) is 0 Å². The van der Waals surface area contributed by atoms with Crippen molar-refractivity contribution < 1.29 is 25.2 Å². The molecule has 1 atom stereocenters. The number of rotatable bonds is 19. The monoisotopic (exact) mass is 1430 g/mol.